The Labute approximate surface area is 151 Å². The maximum absolute atomic E-state index is 14.4. The van der Waals surface area contributed by atoms with Gasteiger partial charge >= 0.3 is 17.3 Å². The standard InChI is InChI=1S/C15H13ClFN3O4S/c1-4-5-24-12(21)8-6-11(10(17)7-9(8)16)20-13(22)18(2)15(25)19(3)14(20)23/h4,6-7H,1,5H2,2-3H3. The zero-order valence-corrected chi connectivity index (χ0v) is 14.9. The zero-order chi connectivity index (χ0) is 18.9. The summed E-state index contributed by atoms with van der Waals surface area (Å²) in [4.78, 5) is 36.7. The molecule has 0 radical (unpaired) electrons. The molecule has 0 saturated heterocycles. The minimum Gasteiger partial charge on any atom is -0.458 e. The third-order valence-electron chi connectivity index (χ3n) is 3.36. The highest BCUT2D eigenvalue weighted by molar-refractivity contribution is 7.71. The first kappa shape index (κ1) is 18.8. The van der Waals surface area contributed by atoms with E-state index in [9.17, 15) is 18.8 Å². The number of nitrogens with zero attached hydrogens (tertiary/aromatic N) is 3. The molecule has 0 aliphatic carbocycles. The third-order valence-corrected chi connectivity index (χ3v) is 4.22. The van der Waals surface area contributed by atoms with E-state index in [2.05, 4.69) is 6.58 Å². The molecule has 132 valence electrons. The van der Waals surface area contributed by atoms with Crippen LogP contribution >= 0.6 is 23.8 Å². The largest absolute Gasteiger partial charge is 0.458 e. The topological polar surface area (TPSA) is 75.2 Å². The van der Waals surface area contributed by atoms with Crippen molar-refractivity contribution in [2.75, 3.05) is 6.61 Å². The summed E-state index contributed by atoms with van der Waals surface area (Å²) in [6.45, 7) is 3.33. The van der Waals surface area contributed by atoms with E-state index in [-0.39, 0.29) is 22.0 Å². The molecule has 0 atom stereocenters. The molecule has 25 heavy (non-hydrogen) atoms. The molecule has 1 aromatic heterocycles. The molecule has 0 saturated carbocycles. The van der Waals surface area contributed by atoms with Crippen molar-refractivity contribution < 1.29 is 13.9 Å². The molecule has 0 amide bonds. The Morgan fingerprint density at radius 1 is 1.32 bits per heavy atom. The first-order valence-electron chi connectivity index (χ1n) is 6.87. The molecule has 0 spiro atoms. The second-order valence-electron chi connectivity index (χ2n) is 4.97. The number of esters is 1. The molecule has 0 aliphatic heterocycles. The van der Waals surface area contributed by atoms with Gasteiger partial charge in [0.25, 0.3) is 0 Å². The maximum Gasteiger partial charge on any atom is 0.340 e. The van der Waals surface area contributed by atoms with Gasteiger partial charge in [0.15, 0.2) is 4.77 Å². The highest BCUT2D eigenvalue weighted by Gasteiger charge is 2.20. The number of hydrogen-bond donors (Lipinski definition) is 0. The van der Waals surface area contributed by atoms with Gasteiger partial charge in [0.1, 0.15) is 12.4 Å². The van der Waals surface area contributed by atoms with Gasteiger partial charge in [0.2, 0.25) is 0 Å². The first-order chi connectivity index (χ1) is 11.7. The molecule has 0 unspecified atom stereocenters. The normalized spacial score (nSPS) is 10.6. The lowest BCUT2D eigenvalue weighted by Crippen LogP contribution is -2.43. The number of benzene rings is 1. The second-order valence-corrected chi connectivity index (χ2v) is 5.74. The SMILES string of the molecule is C=CCOC(=O)c1cc(-n2c(=O)n(C)c(=S)n(C)c2=O)c(F)cc1Cl. The summed E-state index contributed by atoms with van der Waals surface area (Å²) in [5.74, 6) is -1.80. The van der Waals surface area contributed by atoms with Gasteiger partial charge in [-0.2, -0.15) is 0 Å². The summed E-state index contributed by atoms with van der Waals surface area (Å²) in [6, 6.07) is 1.81. The Morgan fingerprint density at radius 3 is 2.40 bits per heavy atom. The van der Waals surface area contributed by atoms with E-state index in [0.29, 0.717) is 4.57 Å². The maximum atomic E-state index is 14.4. The van der Waals surface area contributed by atoms with Crippen molar-refractivity contribution in [3.8, 4) is 5.69 Å². The van der Waals surface area contributed by atoms with Gasteiger partial charge in [0.05, 0.1) is 16.3 Å². The van der Waals surface area contributed by atoms with Crippen LogP contribution in [0.3, 0.4) is 0 Å². The second kappa shape index (κ2) is 7.16. The molecule has 2 rings (SSSR count). The van der Waals surface area contributed by atoms with E-state index >= 15 is 0 Å². The smallest absolute Gasteiger partial charge is 0.340 e. The predicted molar refractivity (Wildman–Crippen MR) is 92.5 cm³/mol. The molecule has 0 N–H and O–H groups in total. The lowest BCUT2D eigenvalue weighted by molar-refractivity contribution is 0.0550. The van der Waals surface area contributed by atoms with Crippen molar-refractivity contribution in [3.05, 3.63) is 66.9 Å². The number of carbonyl (C=O) groups excluding carboxylic acids is 1. The summed E-state index contributed by atoms with van der Waals surface area (Å²) in [5.41, 5.74) is -2.36. The fourth-order valence-corrected chi connectivity index (χ4v) is 2.44. The first-order valence-corrected chi connectivity index (χ1v) is 7.65. The summed E-state index contributed by atoms with van der Waals surface area (Å²) in [5, 5.41) is -0.218. The summed E-state index contributed by atoms with van der Waals surface area (Å²) < 4.78 is 21.7. The summed E-state index contributed by atoms with van der Waals surface area (Å²) in [7, 11) is 2.68. The molecule has 2 aromatic rings. The monoisotopic (exact) mass is 385 g/mol. The zero-order valence-electron chi connectivity index (χ0n) is 13.3. The van der Waals surface area contributed by atoms with Crippen LogP contribution in [0.2, 0.25) is 5.02 Å². The molecule has 0 bridgehead atoms. The van der Waals surface area contributed by atoms with Crippen LogP contribution in [-0.2, 0) is 18.8 Å². The van der Waals surface area contributed by atoms with Crippen molar-refractivity contribution >= 4 is 29.8 Å². The van der Waals surface area contributed by atoms with E-state index in [4.69, 9.17) is 28.6 Å². The summed E-state index contributed by atoms with van der Waals surface area (Å²) in [6.07, 6.45) is 1.35. The minimum atomic E-state index is -0.957. The number of ether oxygens (including phenoxy) is 1. The average Bonchev–Trinajstić information content (AvgIpc) is 2.58. The molecule has 0 aliphatic rings. The third kappa shape index (κ3) is 3.33. The molecular formula is C15H13ClFN3O4S. The van der Waals surface area contributed by atoms with Crippen molar-refractivity contribution in [2.45, 2.75) is 0 Å². The van der Waals surface area contributed by atoms with Gasteiger partial charge in [-0.3, -0.25) is 9.13 Å². The van der Waals surface area contributed by atoms with Crippen molar-refractivity contribution in [2.24, 2.45) is 14.1 Å². The quantitative estimate of drug-likeness (QED) is 0.455. The lowest BCUT2D eigenvalue weighted by Gasteiger charge is -2.13. The van der Waals surface area contributed by atoms with E-state index in [0.717, 1.165) is 21.3 Å². The molecule has 0 fully saturated rings. The van der Waals surface area contributed by atoms with Gasteiger partial charge in [0, 0.05) is 14.1 Å². The molecule has 10 heteroatoms. The molecule has 1 heterocycles. The molecule has 7 nitrogen and oxygen atoms in total. The fraction of sp³-hybridized carbons (Fsp3) is 0.200. The Bertz CT molecular complexity index is 1010. The Morgan fingerprint density at radius 2 is 1.88 bits per heavy atom. The number of halogens is 2. The van der Waals surface area contributed by atoms with Crippen LogP contribution < -0.4 is 11.4 Å². The number of hydrogen-bond acceptors (Lipinski definition) is 5. The van der Waals surface area contributed by atoms with E-state index in [1.807, 2.05) is 0 Å². The number of carbonyl (C=O) groups is 1. The van der Waals surface area contributed by atoms with Crippen LogP contribution in [0.5, 0.6) is 0 Å². The van der Waals surface area contributed by atoms with E-state index in [1.54, 1.807) is 0 Å². The van der Waals surface area contributed by atoms with E-state index in [1.165, 1.54) is 20.2 Å². The highest BCUT2D eigenvalue weighted by atomic mass is 35.5. The molecule has 1 aromatic carbocycles. The average molecular weight is 386 g/mol. The Balaban J connectivity index is 2.80. The van der Waals surface area contributed by atoms with Crippen LogP contribution in [0.25, 0.3) is 5.69 Å². The minimum absolute atomic E-state index is 0.0359. The van der Waals surface area contributed by atoms with E-state index < -0.39 is 28.9 Å². The number of rotatable bonds is 4. The highest BCUT2D eigenvalue weighted by Crippen LogP contribution is 2.23. The van der Waals surface area contributed by atoms with Crippen LogP contribution in [0.1, 0.15) is 10.4 Å². The van der Waals surface area contributed by atoms with Crippen LogP contribution in [-0.4, -0.2) is 26.3 Å². The van der Waals surface area contributed by atoms with Gasteiger partial charge in [-0.1, -0.05) is 24.3 Å². The fourth-order valence-electron chi connectivity index (χ4n) is 2.05. The van der Waals surface area contributed by atoms with Gasteiger partial charge in [-0.05, 0) is 24.4 Å². The van der Waals surface area contributed by atoms with Gasteiger partial charge < -0.3 is 4.74 Å². The van der Waals surface area contributed by atoms with Crippen molar-refractivity contribution in [1.29, 1.82) is 0 Å². The van der Waals surface area contributed by atoms with Crippen molar-refractivity contribution in [3.63, 3.8) is 0 Å². The summed E-state index contributed by atoms with van der Waals surface area (Å²) >= 11 is 10.8. The van der Waals surface area contributed by atoms with Crippen LogP contribution in [0.15, 0.2) is 34.4 Å². The molecular weight excluding hydrogens is 373 g/mol. The predicted octanol–water partition coefficient (Wildman–Crippen LogP) is 1.74. The van der Waals surface area contributed by atoms with Crippen LogP contribution in [0, 0.1) is 10.6 Å². The lowest BCUT2D eigenvalue weighted by atomic mass is 10.2. The van der Waals surface area contributed by atoms with Gasteiger partial charge in [-0.15, -0.1) is 0 Å². The van der Waals surface area contributed by atoms with Gasteiger partial charge in [-0.25, -0.2) is 23.3 Å². The Hall–Kier alpha value is -2.52. The van der Waals surface area contributed by atoms with Crippen molar-refractivity contribution in [1.82, 2.24) is 13.7 Å². The number of aromatic nitrogens is 3. The van der Waals surface area contributed by atoms with Crippen LogP contribution in [0.4, 0.5) is 4.39 Å². The Kier molecular flexibility index (Phi) is 5.39.